The van der Waals surface area contributed by atoms with Crippen LogP contribution < -0.4 is 5.32 Å². The fourth-order valence-electron chi connectivity index (χ4n) is 2.24. The molecule has 0 atom stereocenters. The normalized spacial score (nSPS) is 10.3. The summed E-state index contributed by atoms with van der Waals surface area (Å²) in [4.78, 5) is 4.26. The third kappa shape index (κ3) is 2.81. The molecule has 0 unspecified atom stereocenters. The van der Waals surface area contributed by atoms with Gasteiger partial charge in [0.2, 0.25) is 0 Å². The number of pyridine rings is 1. The number of hydrogen-bond donors (Lipinski definition) is 1. The Morgan fingerprint density at radius 1 is 1.14 bits per heavy atom. The monoisotopic (exact) mass is 293 g/mol. The Kier molecular flexibility index (Phi) is 3.72. The number of halogens is 1. The smallest absolute Gasteiger partial charge is 0.101 e. The lowest BCUT2D eigenvalue weighted by atomic mass is 10.1. The second kappa shape index (κ2) is 5.82. The van der Waals surface area contributed by atoms with Crippen molar-refractivity contribution < 1.29 is 0 Å². The van der Waals surface area contributed by atoms with Gasteiger partial charge in [-0.2, -0.15) is 5.26 Å². The van der Waals surface area contributed by atoms with Gasteiger partial charge in [0.05, 0.1) is 10.6 Å². The number of nitrogens with zero attached hydrogens (tertiary/aromatic N) is 2. The molecule has 3 aromatic rings. The van der Waals surface area contributed by atoms with Crippen molar-refractivity contribution in [3.8, 4) is 6.07 Å². The quantitative estimate of drug-likeness (QED) is 0.780. The van der Waals surface area contributed by atoms with Gasteiger partial charge in [-0.1, -0.05) is 35.9 Å². The molecule has 0 bridgehead atoms. The third-order valence-corrected chi connectivity index (χ3v) is 3.65. The van der Waals surface area contributed by atoms with Crippen molar-refractivity contribution in [1.82, 2.24) is 4.98 Å². The van der Waals surface area contributed by atoms with E-state index in [1.165, 1.54) is 5.39 Å². The number of benzene rings is 2. The summed E-state index contributed by atoms with van der Waals surface area (Å²) in [6.45, 7) is 0.640. The Balaban J connectivity index is 1.86. The van der Waals surface area contributed by atoms with Gasteiger partial charge in [0, 0.05) is 30.0 Å². The molecule has 2 aromatic carbocycles. The van der Waals surface area contributed by atoms with E-state index < -0.39 is 0 Å². The Morgan fingerprint density at radius 2 is 2.00 bits per heavy atom. The Morgan fingerprint density at radius 3 is 2.86 bits per heavy atom. The summed E-state index contributed by atoms with van der Waals surface area (Å²) in [5.74, 6) is 0. The van der Waals surface area contributed by atoms with Gasteiger partial charge in [0.15, 0.2) is 0 Å². The predicted molar refractivity (Wildman–Crippen MR) is 85.2 cm³/mol. The summed E-state index contributed by atoms with van der Waals surface area (Å²) in [6.07, 6.45) is 3.71. The number of rotatable bonds is 3. The van der Waals surface area contributed by atoms with Crippen molar-refractivity contribution in [3.63, 3.8) is 0 Å². The summed E-state index contributed by atoms with van der Waals surface area (Å²) in [6, 6.07) is 15.6. The van der Waals surface area contributed by atoms with E-state index in [1.807, 2.05) is 36.7 Å². The highest BCUT2D eigenvalue weighted by Crippen LogP contribution is 2.22. The summed E-state index contributed by atoms with van der Waals surface area (Å²) in [5.41, 5.74) is 2.45. The summed E-state index contributed by atoms with van der Waals surface area (Å²) >= 11 is 5.93. The molecule has 0 radical (unpaired) electrons. The number of nitriles is 1. The van der Waals surface area contributed by atoms with Crippen LogP contribution >= 0.6 is 11.6 Å². The fraction of sp³-hybridized carbons (Fsp3) is 0.0588. The van der Waals surface area contributed by atoms with E-state index in [-0.39, 0.29) is 0 Å². The van der Waals surface area contributed by atoms with E-state index in [9.17, 15) is 0 Å². The first-order valence-corrected chi connectivity index (χ1v) is 6.91. The minimum Gasteiger partial charge on any atom is -0.381 e. The minimum atomic E-state index is 0.467. The number of fused-ring (bicyclic) bond motifs is 1. The SMILES string of the molecule is N#Cc1cc(NCc2cncc3ccccc23)ccc1Cl. The van der Waals surface area contributed by atoms with E-state index in [1.54, 1.807) is 12.1 Å². The molecular formula is C17H12ClN3. The van der Waals surface area contributed by atoms with Crippen molar-refractivity contribution in [3.05, 3.63) is 71.0 Å². The second-order valence-corrected chi connectivity index (χ2v) is 5.09. The van der Waals surface area contributed by atoms with Gasteiger partial charge >= 0.3 is 0 Å². The van der Waals surface area contributed by atoms with Crippen molar-refractivity contribution in [1.29, 1.82) is 5.26 Å². The van der Waals surface area contributed by atoms with E-state index in [4.69, 9.17) is 16.9 Å². The average Bonchev–Trinajstić information content (AvgIpc) is 2.54. The van der Waals surface area contributed by atoms with Crippen LogP contribution in [-0.2, 0) is 6.54 Å². The first kappa shape index (κ1) is 13.4. The lowest BCUT2D eigenvalue weighted by Crippen LogP contribution is -2.01. The molecular weight excluding hydrogens is 282 g/mol. The molecule has 1 N–H and O–H groups in total. The first-order valence-electron chi connectivity index (χ1n) is 6.53. The number of hydrogen-bond acceptors (Lipinski definition) is 3. The molecule has 1 heterocycles. The van der Waals surface area contributed by atoms with Crippen LogP contribution in [0.5, 0.6) is 0 Å². The molecule has 4 heteroatoms. The maximum Gasteiger partial charge on any atom is 0.101 e. The largest absolute Gasteiger partial charge is 0.381 e. The van der Waals surface area contributed by atoms with Crippen LogP contribution in [0, 0.1) is 11.3 Å². The Bertz CT molecular complexity index is 832. The maximum atomic E-state index is 9.00. The van der Waals surface area contributed by atoms with Crippen LogP contribution in [-0.4, -0.2) is 4.98 Å². The van der Waals surface area contributed by atoms with Gasteiger partial charge in [-0.25, -0.2) is 0 Å². The van der Waals surface area contributed by atoms with Crippen LogP contribution in [0.15, 0.2) is 54.9 Å². The second-order valence-electron chi connectivity index (χ2n) is 4.68. The molecule has 1 aromatic heterocycles. The number of nitrogens with one attached hydrogen (secondary N) is 1. The van der Waals surface area contributed by atoms with Gasteiger partial charge in [0.1, 0.15) is 6.07 Å². The maximum absolute atomic E-state index is 9.00. The van der Waals surface area contributed by atoms with Crippen LogP contribution in [0.1, 0.15) is 11.1 Å². The van der Waals surface area contributed by atoms with Gasteiger partial charge < -0.3 is 5.32 Å². The lowest BCUT2D eigenvalue weighted by molar-refractivity contribution is 1.14. The van der Waals surface area contributed by atoms with Crippen molar-refractivity contribution in [2.45, 2.75) is 6.54 Å². The zero-order valence-electron chi connectivity index (χ0n) is 11.2. The molecule has 0 saturated heterocycles. The molecule has 0 aliphatic heterocycles. The third-order valence-electron chi connectivity index (χ3n) is 3.32. The number of anilines is 1. The summed E-state index contributed by atoms with van der Waals surface area (Å²) in [7, 11) is 0. The van der Waals surface area contributed by atoms with Crippen molar-refractivity contribution >= 4 is 28.1 Å². The highest BCUT2D eigenvalue weighted by Gasteiger charge is 2.03. The zero-order valence-corrected chi connectivity index (χ0v) is 11.9. The molecule has 0 saturated carbocycles. The van der Waals surface area contributed by atoms with E-state index in [2.05, 4.69) is 22.4 Å². The van der Waals surface area contributed by atoms with E-state index in [0.29, 0.717) is 17.1 Å². The van der Waals surface area contributed by atoms with Crippen LogP contribution in [0.25, 0.3) is 10.8 Å². The zero-order chi connectivity index (χ0) is 14.7. The molecule has 3 rings (SSSR count). The molecule has 0 fully saturated rings. The summed E-state index contributed by atoms with van der Waals surface area (Å²) in [5, 5.41) is 15.1. The van der Waals surface area contributed by atoms with Gasteiger partial charge in [-0.15, -0.1) is 0 Å². The van der Waals surface area contributed by atoms with Gasteiger partial charge in [-0.3, -0.25) is 4.98 Å². The van der Waals surface area contributed by atoms with Gasteiger partial charge in [-0.05, 0) is 29.1 Å². The van der Waals surface area contributed by atoms with E-state index in [0.717, 1.165) is 16.6 Å². The van der Waals surface area contributed by atoms with Crippen molar-refractivity contribution in [2.24, 2.45) is 0 Å². The van der Waals surface area contributed by atoms with Crippen molar-refractivity contribution in [2.75, 3.05) is 5.32 Å². The fourth-order valence-corrected chi connectivity index (χ4v) is 2.40. The molecule has 0 amide bonds. The van der Waals surface area contributed by atoms with Gasteiger partial charge in [0.25, 0.3) is 0 Å². The lowest BCUT2D eigenvalue weighted by Gasteiger charge is -2.09. The standard InChI is InChI=1S/C17H12ClN3/c18-17-6-5-15(7-13(17)8-19)21-11-14-10-20-9-12-3-1-2-4-16(12)14/h1-7,9-10,21H,11H2. The topological polar surface area (TPSA) is 48.7 Å². The van der Waals surface area contributed by atoms with E-state index >= 15 is 0 Å². The predicted octanol–water partition coefficient (Wildman–Crippen LogP) is 4.37. The Labute approximate surface area is 127 Å². The highest BCUT2D eigenvalue weighted by molar-refractivity contribution is 6.31. The molecule has 21 heavy (non-hydrogen) atoms. The highest BCUT2D eigenvalue weighted by atomic mass is 35.5. The number of aromatic nitrogens is 1. The molecule has 0 aliphatic rings. The summed E-state index contributed by atoms with van der Waals surface area (Å²) < 4.78 is 0. The molecule has 0 aliphatic carbocycles. The Hall–Kier alpha value is -2.57. The molecule has 102 valence electrons. The molecule has 3 nitrogen and oxygen atoms in total. The van der Waals surface area contributed by atoms with Crippen LogP contribution in [0.4, 0.5) is 5.69 Å². The average molecular weight is 294 g/mol. The van der Waals surface area contributed by atoms with Crippen LogP contribution in [0.2, 0.25) is 5.02 Å². The van der Waals surface area contributed by atoms with Crippen LogP contribution in [0.3, 0.4) is 0 Å². The minimum absolute atomic E-state index is 0.467. The first-order chi connectivity index (χ1) is 10.3. The molecule has 0 spiro atoms.